The normalized spacial score (nSPS) is 13.4. The fraction of sp³-hybridized carbons (Fsp3) is 0.750. The lowest BCUT2D eigenvalue weighted by atomic mass is 10.2. The fourth-order valence-electron chi connectivity index (χ4n) is 0.778. The van der Waals surface area contributed by atoms with E-state index < -0.39 is 9.84 Å². The largest absolute Gasteiger partial charge is 0.330 e. The van der Waals surface area contributed by atoms with Crippen molar-refractivity contribution in [3.05, 3.63) is 11.6 Å². The van der Waals surface area contributed by atoms with Gasteiger partial charge >= 0.3 is 0 Å². The molecule has 0 rings (SSSR count). The molecule has 0 aliphatic rings. The fourth-order valence-corrected chi connectivity index (χ4v) is 1.47. The Hall–Kier alpha value is -0.350. The minimum Gasteiger partial charge on any atom is -0.330 e. The Balaban J connectivity index is 3.79. The predicted molar refractivity (Wildman–Crippen MR) is 51.8 cm³/mol. The Bertz CT molecular complexity index is 242. The summed E-state index contributed by atoms with van der Waals surface area (Å²) in [6.07, 6.45) is 4.70. The summed E-state index contributed by atoms with van der Waals surface area (Å²) in [5, 5.41) is 0. The van der Waals surface area contributed by atoms with Crippen molar-refractivity contribution in [1.29, 1.82) is 0 Å². The first-order chi connectivity index (χ1) is 5.45. The molecule has 0 aromatic carbocycles. The monoisotopic (exact) mass is 191 g/mol. The maximum absolute atomic E-state index is 10.8. The second-order valence-corrected chi connectivity index (χ2v) is 5.27. The van der Waals surface area contributed by atoms with Gasteiger partial charge < -0.3 is 5.73 Å². The van der Waals surface area contributed by atoms with E-state index in [-0.39, 0.29) is 5.75 Å². The van der Waals surface area contributed by atoms with Crippen molar-refractivity contribution in [3.8, 4) is 0 Å². The molecule has 4 heteroatoms. The van der Waals surface area contributed by atoms with Gasteiger partial charge in [-0.2, -0.15) is 0 Å². The summed E-state index contributed by atoms with van der Waals surface area (Å²) in [4.78, 5) is 0. The zero-order valence-corrected chi connectivity index (χ0v) is 8.52. The summed E-state index contributed by atoms with van der Waals surface area (Å²) in [6, 6.07) is 0. The second kappa shape index (κ2) is 5.32. The van der Waals surface area contributed by atoms with Crippen molar-refractivity contribution < 1.29 is 8.42 Å². The number of sulfone groups is 1. The summed E-state index contributed by atoms with van der Waals surface area (Å²) in [5.74, 6) is 0.236. The van der Waals surface area contributed by atoms with Gasteiger partial charge in [0.1, 0.15) is 9.84 Å². The third-order valence-corrected chi connectivity index (χ3v) is 2.47. The van der Waals surface area contributed by atoms with Gasteiger partial charge in [0.2, 0.25) is 0 Å². The van der Waals surface area contributed by atoms with E-state index >= 15 is 0 Å². The quantitative estimate of drug-likeness (QED) is 0.651. The van der Waals surface area contributed by atoms with Gasteiger partial charge in [0.05, 0.1) is 5.75 Å². The standard InChI is InChI=1S/C8H17NO2S/c1-8(4-3-6-9)5-7-12(2,10)11/h4H,3,5-7,9H2,1-2H3. The van der Waals surface area contributed by atoms with E-state index in [4.69, 9.17) is 5.73 Å². The molecular formula is C8H17NO2S. The smallest absolute Gasteiger partial charge is 0.147 e. The highest BCUT2D eigenvalue weighted by Crippen LogP contribution is 2.02. The van der Waals surface area contributed by atoms with E-state index in [9.17, 15) is 8.42 Å². The first-order valence-electron chi connectivity index (χ1n) is 3.99. The topological polar surface area (TPSA) is 60.2 Å². The number of nitrogens with two attached hydrogens (primary N) is 1. The van der Waals surface area contributed by atoms with Crippen LogP contribution < -0.4 is 5.73 Å². The molecule has 0 bridgehead atoms. The molecule has 0 aliphatic carbocycles. The van der Waals surface area contributed by atoms with E-state index in [0.717, 1.165) is 12.0 Å². The van der Waals surface area contributed by atoms with Crippen LogP contribution in [-0.2, 0) is 9.84 Å². The highest BCUT2D eigenvalue weighted by atomic mass is 32.2. The van der Waals surface area contributed by atoms with Crippen molar-refractivity contribution >= 4 is 9.84 Å². The molecule has 0 spiro atoms. The SMILES string of the molecule is CC(=CCCN)CCS(C)(=O)=O. The van der Waals surface area contributed by atoms with E-state index in [0.29, 0.717) is 13.0 Å². The van der Waals surface area contributed by atoms with Crippen molar-refractivity contribution in [2.75, 3.05) is 18.6 Å². The average Bonchev–Trinajstić information content (AvgIpc) is 1.95. The Labute approximate surface area is 74.6 Å². The molecule has 0 heterocycles. The van der Waals surface area contributed by atoms with Crippen LogP contribution in [0.5, 0.6) is 0 Å². The van der Waals surface area contributed by atoms with Crippen LogP contribution >= 0.6 is 0 Å². The summed E-state index contributed by atoms with van der Waals surface area (Å²) < 4.78 is 21.5. The maximum atomic E-state index is 10.8. The third kappa shape index (κ3) is 7.75. The van der Waals surface area contributed by atoms with Crippen LogP contribution in [0.4, 0.5) is 0 Å². The number of hydrogen-bond acceptors (Lipinski definition) is 3. The maximum Gasteiger partial charge on any atom is 0.147 e. The molecule has 0 radical (unpaired) electrons. The van der Waals surface area contributed by atoms with E-state index in [1.54, 1.807) is 0 Å². The molecule has 0 unspecified atom stereocenters. The van der Waals surface area contributed by atoms with Gasteiger partial charge in [-0.1, -0.05) is 11.6 Å². The van der Waals surface area contributed by atoms with Gasteiger partial charge in [-0.25, -0.2) is 8.42 Å². The van der Waals surface area contributed by atoms with Crippen LogP contribution in [0.3, 0.4) is 0 Å². The Morgan fingerprint density at radius 3 is 2.50 bits per heavy atom. The van der Waals surface area contributed by atoms with Crippen LogP contribution in [0.15, 0.2) is 11.6 Å². The summed E-state index contributed by atoms with van der Waals surface area (Å²) in [6.45, 7) is 2.55. The van der Waals surface area contributed by atoms with Crippen LogP contribution in [0.2, 0.25) is 0 Å². The van der Waals surface area contributed by atoms with E-state index in [2.05, 4.69) is 0 Å². The predicted octanol–water partition coefficient (Wildman–Crippen LogP) is 0.716. The molecular weight excluding hydrogens is 174 g/mol. The average molecular weight is 191 g/mol. The van der Waals surface area contributed by atoms with Gasteiger partial charge in [-0.05, 0) is 26.3 Å². The number of hydrogen-bond donors (Lipinski definition) is 1. The number of rotatable bonds is 5. The second-order valence-electron chi connectivity index (χ2n) is 3.01. The zero-order chi connectivity index (χ0) is 9.61. The van der Waals surface area contributed by atoms with Gasteiger partial charge in [0, 0.05) is 6.26 Å². The molecule has 72 valence electrons. The minimum atomic E-state index is -2.82. The zero-order valence-electron chi connectivity index (χ0n) is 7.71. The van der Waals surface area contributed by atoms with Crippen LogP contribution in [0, 0.1) is 0 Å². The lowest BCUT2D eigenvalue weighted by Crippen LogP contribution is -2.03. The van der Waals surface area contributed by atoms with Gasteiger partial charge in [0.15, 0.2) is 0 Å². The Morgan fingerprint density at radius 2 is 2.08 bits per heavy atom. The summed E-state index contributed by atoms with van der Waals surface area (Å²) in [7, 11) is -2.82. The first kappa shape index (κ1) is 11.6. The molecule has 3 nitrogen and oxygen atoms in total. The van der Waals surface area contributed by atoms with E-state index in [1.165, 1.54) is 6.26 Å². The lowest BCUT2D eigenvalue weighted by Gasteiger charge is -1.99. The molecule has 0 saturated carbocycles. The first-order valence-corrected chi connectivity index (χ1v) is 6.05. The van der Waals surface area contributed by atoms with Crippen molar-refractivity contribution in [2.24, 2.45) is 5.73 Å². The van der Waals surface area contributed by atoms with Crippen molar-refractivity contribution in [3.63, 3.8) is 0 Å². The Morgan fingerprint density at radius 1 is 1.50 bits per heavy atom. The van der Waals surface area contributed by atoms with Crippen LogP contribution in [-0.4, -0.2) is 27.0 Å². The van der Waals surface area contributed by atoms with E-state index in [1.807, 2.05) is 13.0 Å². The van der Waals surface area contributed by atoms with Crippen LogP contribution in [0.1, 0.15) is 19.8 Å². The molecule has 12 heavy (non-hydrogen) atoms. The lowest BCUT2D eigenvalue weighted by molar-refractivity contribution is 0.601. The molecule has 2 N–H and O–H groups in total. The van der Waals surface area contributed by atoms with Gasteiger partial charge in [-0.15, -0.1) is 0 Å². The Kier molecular flexibility index (Phi) is 5.17. The molecule has 0 saturated heterocycles. The highest BCUT2D eigenvalue weighted by Gasteiger charge is 2.01. The molecule has 0 atom stereocenters. The molecule has 0 amide bonds. The van der Waals surface area contributed by atoms with Crippen LogP contribution in [0.25, 0.3) is 0 Å². The molecule has 0 fully saturated rings. The molecule has 0 aromatic rings. The highest BCUT2D eigenvalue weighted by molar-refractivity contribution is 7.90. The molecule has 0 aromatic heterocycles. The van der Waals surface area contributed by atoms with Crippen molar-refractivity contribution in [2.45, 2.75) is 19.8 Å². The summed E-state index contributed by atoms with van der Waals surface area (Å²) >= 11 is 0. The third-order valence-electron chi connectivity index (χ3n) is 1.53. The number of allylic oxidation sites excluding steroid dienone is 1. The minimum absolute atomic E-state index is 0.236. The van der Waals surface area contributed by atoms with Gasteiger partial charge in [0.25, 0.3) is 0 Å². The molecule has 0 aliphatic heterocycles. The van der Waals surface area contributed by atoms with Gasteiger partial charge in [-0.3, -0.25) is 0 Å². The summed E-state index contributed by atoms with van der Waals surface area (Å²) in [5.41, 5.74) is 6.40. The van der Waals surface area contributed by atoms with Crippen molar-refractivity contribution in [1.82, 2.24) is 0 Å².